The van der Waals surface area contributed by atoms with Gasteiger partial charge >= 0.3 is 0 Å². The summed E-state index contributed by atoms with van der Waals surface area (Å²) in [6.07, 6.45) is 5.72. The molecule has 0 saturated carbocycles. The smallest absolute Gasteiger partial charge is 0.205 e. The molecule has 2 heterocycles. The summed E-state index contributed by atoms with van der Waals surface area (Å²) in [6.45, 7) is 8.37. The SMILES string of the molecule is CCCn1cc(C)nc1N1CCC(CN)CC1. The van der Waals surface area contributed by atoms with Crippen molar-refractivity contribution in [1.29, 1.82) is 0 Å². The standard InChI is InChI=1S/C13H24N4/c1-3-6-17-10-11(2)15-13(17)16-7-4-12(9-14)5-8-16/h10,12H,3-9,14H2,1-2H3. The zero-order chi connectivity index (χ0) is 12.3. The molecule has 0 radical (unpaired) electrons. The molecule has 1 aromatic rings. The van der Waals surface area contributed by atoms with Gasteiger partial charge in [0.25, 0.3) is 0 Å². The second kappa shape index (κ2) is 5.54. The summed E-state index contributed by atoms with van der Waals surface area (Å²) in [6, 6.07) is 0. The van der Waals surface area contributed by atoms with Gasteiger partial charge in [0.15, 0.2) is 0 Å². The predicted molar refractivity (Wildman–Crippen MR) is 71.2 cm³/mol. The molecule has 96 valence electrons. The minimum Gasteiger partial charge on any atom is -0.342 e. The number of aromatic nitrogens is 2. The van der Waals surface area contributed by atoms with Gasteiger partial charge < -0.3 is 15.2 Å². The van der Waals surface area contributed by atoms with E-state index in [9.17, 15) is 0 Å². The first-order valence-corrected chi connectivity index (χ1v) is 6.73. The molecule has 2 rings (SSSR count). The number of rotatable bonds is 4. The molecule has 0 aromatic carbocycles. The molecular weight excluding hydrogens is 212 g/mol. The summed E-state index contributed by atoms with van der Waals surface area (Å²) in [5.41, 5.74) is 6.85. The van der Waals surface area contributed by atoms with E-state index in [1.807, 2.05) is 0 Å². The van der Waals surface area contributed by atoms with Crippen molar-refractivity contribution in [3.63, 3.8) is 0 Å². The number of nitrogens with zero attached hydrogens (tertiary/aromatic N) is 3. The Morgan fingerprint density at radius 2 is 2.12 bits per heavy atom. The summed E-state index contributed by atoms with van der Waals surface area (Å²) in [5, 5.41) is 0. The fraction of sp³-hybridized carbons (Fsp3) is 0.769. The van der Waals surface area contributed by atoms with Gasteiger partial charge in [-0.05, 0) is 38.6 Å². The lowest BCUT2D eigenvalue weighted by Gasteiger charge is -2.32. The van der Waals surface area contributed by atoms with Gasteiger partial charge in [0.1, 0.15) is 0 Å². The van der Waals surface area contributed by atoms with Crippen LogP contribution in [0.25, 0.3) is 0 Å². The molecule has 1 aliphatic heterocycles. The molecule has 1 aromatic heterocycles. The quantitative estimate of drug-likeness (QED) is 0.867. The van der Waals surface area contributed by atoms with Crippen LogP contribution in [0.4, 0.5) is 5.95 Å². The largest absolute Gasteiger partial charge is 0.342 e. The first-order chi connectivity index (χ1) is 8.24. The molecule has 1 saturated heterocycles. The zero-order valence-electron chi connectivity index (χ0n) is 11.0. The van der Waals surface area contributed by atoms with Crippen LogP contribution >= 0.6 is 0 Å². The highest BCUT2D eigenvalue weighted by molar-refractivity contribution is 5.34. The molecule has 1 aliphatic rings. The summed E-state index contributed by atoms with van der Waals surface area (Å²) in [5.74, 6) is 1.86. The summed E-state index contributed by atoms with van der Waals surface area (Å²) in [4.78, 5) is 7.07. The molecule has 17 heavy (non-hydrogen) atoms. The maximum Gasteiger partial charge on any atom is 0.205 e. The number of nitrogens with two attached hydrogens (primary N) is 1. The van der Waals surface area contributed by atoms with Crippen molar-refractivity contribution in [2.45, 2.75) is 39.7 Å². The van der Waals surface area contributed by atoms with E-state index in [0.717, 1.165) is 44.2 Å². The van der Waals surface area contributed by atoms with Crippen LogP contribution in [-0.2, 0) is 6.54 Å². The van der Waals surface area contributed by atoms with Crippen molar-refractivity contribution in [3.8, 4) is 0 Å². The number of piperidine rings is 1. The molecule has 4 nitrogen and oxygen atoms in total. The van der Waals surface area contributed by atoms with E-state index in [1.165, 1.54) is 12.8 Å². The van der Waals surface area contributed by atoms with Crippen molar-refractivity contribution in [2.24, 2.45) is 11.7 Å². The fourth-order valence-corrected chi connectivity index (χ4v) is 2.56. The van der Waals surface area contributed by atoms with Crippen LogP contribution in [0.3, 0.4) is 0 Å². The summed E-state index contributed by atoms with van der Waals surface area (Å²) in [7, 11) is 0. The molecular formula is C13H24N4. The average Bonchev–Trinajstić information content (AvgIpc) is 2.71. The van der Waals surface area contributed by atoms with Crippen molar-refractivity contribution >= 4 is 5.95 Å². The van der Waals surface area contributed by atoms with Crippen LogP contribution in [0.2, 0.25) is 0 Å². The Balaban J connectivity index is 2.06. The third kappa shape index (κ3) is 2.80. The first-order valence-electron chi connectivity index (χ1n) is 6.73. The van der Waals surface area contributed by atoms with Gasteiger partial charge in [0.2, 0.25) is 5.95 Å². The lowest BCUT2D eigenvalue weighted by molar-refractivity contribution is 0.408. The molecule has 4 heteroatoms. The highest BCUT2D eigenvalue weighted by Gasteiger charge is 2.21. The van der Waals surface area contributed by atoms with Gasteiger partial charge in [-0.3, -0.25) is 0 Å². The van der Waals surface area contributed by atoms with Crippen LogP contribution in [0, 0.1) is 12.8 Å². The molecule has 0 aliphatic carbocycles. The highest BCUT2D eigenvalue weighted by Crippen LogP contribution is 2.22. The molecule has 0 spiro atoms. The Labute approximate surface area is 104 Å². The molecule has 0 unspecified atom stereocenters. The molecule has 2 N–H and O–H groups in total. The third-order valence-electron chi connectivity index (χ3n) is 3.57. The van der Waals surface area contributed by atoms with Gasteiger partial charge in [0, 0.05) is 25.8 Å². The van der Waals surface area contributed by atoms with Crippen molar-refractivity contribution in [3.05, 3.63) is 11.9 Å². The van der Waals surface area contributed by atoms with Crippen LogP contribution in [0.1, 0.15) is 31.9 Å². The second-order valence-electron chi connectivity index (χ2n) is 5.04. The summed E-state index contributed by atoms with van der Waals surface area (Å²) < 4.78 is 2.29. The van der Waals surface area contributed by atoms with Gasteiger partial charge in [-0.25, -0.2) is 4.98 Å². The molecule has 0 atom stereocenters. The minimum atomic E-state index is 0.710. The van der Waals surface area contributed by atoms with Crippen LogP contribution < -0.4 is 10.6 Å². The number of hydrogen-bond donors (Lipinski definition) is 1. The van der Waals surface area contributed by atoms with Gasteiger partial charge in [-0.1, -0.05) is 6.92 Å². The topological polar surface area (TPSA) is 47.1 Å². The van der Waals surface area contributed by atoms with Gasteiger partial charge in [0.05, 0.1) is 5.69 Å². The third-order valence-corrected chi connectivity index (χ3v) is 3.57. The lowest BCUT2D eigenvalue weighted by atomic mass is 9.97. The summed E-state index contributed by atoms with van der Waals surface area (Å²) >= 11 is 0. The second-order valence-corrected chi connectivity index (χ2v) is 5.04. The first kappa shape index (κ1) is 12.4. The van der Waals surface area contributed by atoms with Crippen LogP contribution in [0.15, 0.2) is 6.20 Å². The normalized spacial score (nSPS) is 17.7. The number of hydrogen-bond acceptors (Lipinski definition) is 3. The van der Waals surface area contributed by atoms with E-state index in [-0.39, 0.29) is 0 Å². The Kier molecular flexibility index (Phi) is 4.05. The van der Waals surface area contributed by atoms with E-state index in [2.05, 4.69) is 34.5 Å². The van der Waals surface area contributed by atoms with Crippen molar-refractivity contribution < 1.29 is 0 Å². The Bertz CT molecular complexity index is 350. The highest BCUT2D eigenvalue weighted by atomic mass is 15.3. The van der Waals surface area contributed by atoms with E-state index >= 15 is 0 Å². The Hall–Kier alpha value is -1.03. The van der Waals surface area contributed by atoms with Crippen LogP contribution in [0.5, 0.6) is 0 Å². The monoisotopic (exact) mass is 236 g/mol. The van der Waals surface area contributed by atoms with Crippen molar-refractivity contribution in [1.82, 2.24) is 9.55 Å². The zero-order valence-corrected chi connectivity index (χ0v) is 11.0. The van der Waals surface area contributed by atoms with Crippen molar-refractivity contribution in [2.75, 3.05) is 24.5 Å². The fourth-order valence-electron chi connectivity index (χ4n) is 2.56. The molecule has 1 fully saturated rings. The van der Waals surface area contributed by atoms with E-state index < -0.39 is 0 Å². The average molecular weight is 236 g/mol. The van der Waals surface area contributed by atoms with E-state index in [1.54, 1.807) is 0 Å². The van der Waals surface area contributed by atoms with E-state index in [0.29, 0.717) is 5.92 Å². The van der Waals surface area contributed by atoms with E-state index in [4.69, 9.17) is 5.73 Å². The van der Waals surface area contributed by atoms with Gasteiger partial charge in [-0.15, -0.1) is 0 Å². The predicted octanol–water partition coefficient (Wildman–Crippen LogP) is 1.78. The number of anilines is 1. The lowest BCUT2D eigenvalue weighted by Crippen LogP contribution is -2.37. The number of imidazole rings is 1. The maximum atomic E-state index is 5.73. The minimum absolute atomic E-state index is 0.710. The Morgan fingerprint density at radius 3 is 2.71 bits per heavy atom. The number of aryl methyl sites for hydroxylation is 2. The Morgan fingerprint density at radius 1 is 1.41 bits per heavy atom. The molecule has 0 amide bonds. The van der Waals surface area contributed by atoms with Gasteiger partial charge in [-0.2, -0.15) is 0 Å². The maximum absolute atomic E-state index is 5.73. The molecule has 0 bridgehead atoms. The van der Waals surface area contributed by atoms with Crippen LogP contribution in [-0.4, -0.2) is 29.2 Å².